The van der Waals surface area contributed by atoms with Crippen LogP contribution in [-0.4, -0.2) is 70.9 Å². The van der Waals surface area contributed by atoms with Crippen LogP contribution in [0, 0.1) is 0 Å². The average Bonchev–Trinajstić information content (AvgIpc) is 3.04. The fourth-order valence-electron chi connectivity index (χ4n) is 2.70. The van der Waals surface area contributed by atoms with Crippen LogP contribution < -0.4 is 0 Å². The largest absolute Gasteiger partial charge is 0.395 e. The van der Waals surface area contributed by atoms with Gasteiger partial charge in [0.25, 0.3) is 0 Å². The number of hydrogen-bond acceptors (Lipinski definition) is 6. The molecule has 0 unspecified atom stereocenters. The Kier molecular flexibility index (Phi) is 5.61. The molecule has 0 aliphatic carbocycles. The van der Waals surface area contributed by atoms with Crippen LogP contribution in [0.3, 0.4) is 0 Å². The number of aromatic nitrogens is 2. The van der Waals surface area contributed by atoms with Crippen molar-refractivity contribution >= 4 is 11.6 Å². The van der Waals surface area contributed by atoms with Crippen molar-refractivity contribution in [3.8, 4) is 11.4 Å². The van der Waals surface area contributed by atoms with E-state index in [2.05, 4.69) is 19.9 Å². The van der Waals surface area contributed by atoms with Gasteiger partial charge in [0.1, 0.15) is 0 Å². The van der Waals surface area contributed by atoms with Gasteiger partial charge in [-0.2, -0.15) is 4.98 Å². The second kappa shape index (κ2) is 7.88. The maximum Gasteiger partial charge on any atom is 0.228 e. The predicted octanol–water partition coefficient (Wildman–Crippen LogP) is 1.54. The van der Waals surface area contributed by atoms with Crippen molar-refractivity contribution in [2.24, 2.45) is 0 Å². The Bertz CT molecular complexity index is 609. The van der Waals surface area contributed by atoms with E-state index in [-0.39, 0.29) is 6.61 Å². The molecule has 7 heteroatoms. The SMILES string of the molecule is OCCN1CCN(CCc2nc(-c3ccc(Cl)cc3)no2)CC1. The smallest absolute Gasteiger partial charge is 0.228 e. The fourth-order valence-corrected chi connectivity index (χ4v) is 2.83. The summed E-state index contributed by atoms with van der Waals surface area (Å²) in [5.74, 6) is 1.26. The van der Waals surface area contributed by atoms with E-state index in [0.29, 0.717) is 16.7 Å². The quantitative estimate of drug-likeness (QED) is 0.863. The average molecular weight is 337 g/mol. The van der Waals surface area contributed by atoms with Gasteiger partial charge in [0.15, 0.2) is 0 Å². The summed E-state index contributed by atoms with van der Waals surface area (Å²) in [4.78, 5) is 9.12. The summed E-state index contributed by atoms with van der Waals surface area (Å²) in [6, 6.07) is 7.41. The molecule has 1 aliphatic rings. The van der Waals surface area contributed by atoms with Crippen molar-refractivity contribution in [2.75, 3.05) is 45.9 Å². The molecule has 0 radical (unpaired) electrons. The molecular weight excluding hydrogens is 316 g/mol. The normalized spacial score (nSPS) is 16.8. The Balaban J connectivity index is 1.49. The van der Waals surface area contributed by atoms with Gasteiger partial charge in [-0.3, -0.25) is 4.90 Å². The summed E-state index contributed by atoms with van der Waals surface area (Å²) in [6.07, 6.45) is 0.751. The molecule has 2 aromatic rings. The molecule has 0 saturated carbocycles. The molecule has 1 aromatic heterocycles. The molecule has 1 fully saturated rings. The number of benzene rings is 1. The van der Waals surface area contributed by atoms with Gasteiger partial charge in [-0.05, 0) is 24.3 Å². The van der Waals surface area contributed by atoms with Crippen molar-refractivity contribution < 1.29 is 9.63 Å². The summed E-state index contributed by atoms with van der Waals surface area (Å²) >= 11 is 5.88. The van der Waals surface area contributed by atoms with Gasteiger partial charge in [-0.15, -0.1) is 0 Å². The van der Waals surface area contributed by atoms with E-state index in [1.807, 2.05) is 24.3 Å². The van der Waals surface area contributed by atoms with Gasteiger partial charge in [0.05, 0.1) is 6.61 Å². The number of rotatable bonds is 6. The zero-order valence-corrected chi connectivity index (χ0v) is 13.7. The number of hydrogen-bond donors (Lipinski definition) is 1. The zero-order valence-electron chi connectivity index (χ0n) is 13.0. The number of aliphatic hydroxyl groups is 1. The maximum atomic E-state index is 8.96. The molecule has 1 aliphatic heterocycles. The minimum absolute atomic E-state index is 0.232. The third kappa shape index (κ3) is 4.51. The summed E-state index contributed by atoms with van der Waals surface area (Å²) in [5, 5.41) is 13.7. The molecule has 6 nitrogen and oxygen atoms in total. The second-order valence-electron chi connectivity index (χ2n) is 5.68. The Morgan fingerprint density at radius 2 is 1.70 bits per heavy atom. The summed E-state index contributed by atoms with van der Waals surface area (Å²) in [5.41, 5.74) is 0.905. The van der Waals surface area contributed by atoms with Gasteiger partial charge >= 0.3 is 0 Å². The highest BCUT2D eigenvalue weighted by atomic mass is 35.5. The molecule has 0 amide bonds. The Morgan fingerprint density at radius 1 is 1.04 bits per heavy atom. The van der Waals surface area contributed by atoms with Crippen LogP contribution >= 0.6 is 11.6 Å². The van der Waals surface area contributed by atoms with E-state index >= 15 is 0 Å². The third-order valence-corrected chi connectivity index (χ3v) is 4.35. The van der Waals surface area contributed by atoms with Crippen LogP contribution in [0.2, 0.25) is 5.02 Å². The molecule has 124 valence electrons. The highest BCUT2D eigenvalue weighted by molar-refractivity contribution is 6.30. The molecule has 23 heavy (non-hydrogen) atoms. The molecule has 1 N–H and O–H groups in total. The minimum atomic E-state index is 0.232. The molecule has 0 bridgehead atoms. The molecule has 3 rings (SSSR count). The molecule has 1 aromatic carbocycles. The lowest BCUT2D eigenvalue weighted by molar-refractivity contribution is 0.112. The lowest BCUT2D eigenvalue weighted by Gasteiger charge is -2.33. The van der Waals surface area contributed by atoms with Crippen LogP contribution in [-0.2, 0) is 6.42 Å². The van der Waals surface area contributed by atoms with Gasteiger partial charge in [-0.1, -0.05) is 16.8 Å². The first kappa shape index (κ1) is 16.4. The van der Waals surface area contributed by atoms with Gasteiger partial charge in [0.2, 0.25) is 11.7 Å². The van der Waals surface area contributed by atoms with Crippen molar-refractivity contribution in [2.45, 2.75) is 6.42 Å². The lowest BCUT2D eigenvalue weighted by atomic mass is 10.2. The summed E-state index contributed by atoms with van der Waals surface area (Å²) in [7, 11) is 0. The summed E-state index contributed by atoms with van der Waals surface area (Å²) < 4.78 is 5.34. The first-order chi connectivity index (χ1) is 11.2. The first-order valence-electron chi connectivity index (χ1n) is 7.89. The van der Waals surface area contributed by atoms with E-state index < -0.39 is 0 Å². The maximum absolute atomic E-state index is 8.96. The number of piperazine rings is 1. The van der Waals surface area contributed by atoms with Crippen LogP contribution in [0.5, 0.6) is 0 Å². The van der Waals surface area contributed by atoms with Crippen molar-refractivity contribution in [3.63, 3.8) is 0 Å². The monoisotopic (exact) mass is 336 g/mol. The van der Waals surface area contributed by atoms with Crippen LogP contribution in [0.1, 0.15) is 5.89 Å². The third-order valence-electron chi connectivity index (χ3n) is 4.09. The molecular formula is C16H21ClN4O2. The number of β-amino-alcohol motifs (C(OH)–C–C–N with tert-alkyl or cyclic N) is 1. The van der Waals surface area contributed by atoms with E-state index in [1.165, 1.54) is 0 Å². The first-order valence-corrected chi connectivity index (χ1v) is 8.26. The van der Waals surface area contributed by atoms with E-state index in [1.54, 1.807) is 0 Å². The van der Waals surface area contributed by atoms with Crippen molar-refractivity contribution in [1.29, 1.82) is 0 Å². The fraction of sp³-hybridized carbons (Fsp3) is 0.500. The van der Waals surface area contributed by atoms with Gasteiger partial charge in [0, 0.05) is 56.3 Å². The lowest BCUT2D eigenvalue weighted by Crippen LogP contribution is -2.47. The Morgan fingerprint density at radius 3 is 2.35 bits per heavy atom. The topological polar surface area (TPSA) is 65.6 Å². The van der Waals surface area contributed by atoms with Gasteiger partial charge < -0.3 is 14.5 Å². The highest BCUT2D eigenvalue weighted by Crippen LogP contribution is 2.18. The van der Waals surface area contributed by atoms with Crippen LogP contribution in [0.25, 0.3) is 11.4 Å². The van der Waals surface area contributed by atoms with Gasteiger partial charge in [-0.25, -0.2) is 0 Å². The zero-order chi connectivity index (χ0) is 16.1. The van der Waals surface area contributed by atoms with Crippen molar-refractivity contribution in [1.82, 2.24) is 19.9 Å². The second-order valence-corrected chi connectivity index (χ2v) is 6.11. The van der Waals surface area contributed by atoms with Crippen LogP contribution in [0.4, 0.5) is 0 Å². The number of nitrogens with zero attached hydrogens (tertiary/aromatic N) is 4. The van der Waals surface area contributed by atoms with E-state index in [9.17, 15) is 0 Å². The predicted molar refractivity (Wildman–Crippen MR) is 88.4 cm³/mol. The summed E-state index contributed by atoms with van der Waals surface area (Å²) in [6.45, 7) is 5.93. The molecule has 0 spiro atoms. The Hall–Kier alpha value is -1.47. The highest BCUT2D eigenvalue weighted by Gasteiger charge is 2.17. The van der Waals surface area contributed by atoms with Crippen molar-refractivity contribution in [3.05, 3.63) is 35.2 Å². The standard InChI is InChI=1S/C16H21ClN4O2/c17-14-3-1-13(2-4-14)16-18-15(23-19-16)5-6-20-7-9-21(10-8-20)11-12-22/h1-4,22H,5-12H2. The van der Waals surface area contributed by atoms with Crippen LogP contribution in [0.15, 0.2) is 28.8 Å². The number of halogens is 1. The molecule has 1 saturated heterocycles. The van der Waals surface area contributed by atoms with E-state index in [4.69, 9.17) is 21.2 Å². The molecule has 0 atom stereocenters. The Labute approximate surface area is 140 Å². The minimum Gasteiger partial charge on any atom is -0.395 e. The number of aliphatic hydroxyl groups excluding tert-OH is 1. The molecule has 2 heterocycles. The van der Waals surface area contributed by atoms with E-state index in [0.717, 1.165) is 51.3 Å².